The minimum atomic E-state index is -0.0249. The molecule has 1 atom stereocenters. The zero-order valence-electron chi connectivity index (χ0n) is 7.97. The molecule has 70 valence electrons. The van der Waals surface area contributed by atoms with Crippen LogP contribution in [0.4, 0.5) is 0 Å². The van der Waals surface area contributed by atoms with Gasteiger partial charge in [0, 0.05) is 13.1 Å². The maximum atomic E-state index is 11.6. The average molecular weight is 170 g/mol. The first-order chi connectivity index (χ1) is 5.75. The molecular weight excluding hydrogens is 152 g/mol. The van der Waals surface area contributed by atoms with E-state index in [1.807, 2.05) is 18.9 Å². The highest BCUT2D eigenvalue weighted by atomic mass is 16.2. The molecule has 0 saturated carbocycles. The van der Waals surface area contributed by atoms with Crippen LogP contribution in [0, 0.1) is 0 Å². The molecule has 12 heavy (non-hydrogen) atoms. The molecule has 1 saturated heterocycles. The Morgan fingerprint density at radius 2 is 1.92 bits per heavy atom. The zero-order valence-corrected chi connectivity index (χ0v) is 7.97. The Kier molecular flexibility index (Phi) is 3.53. The van der Waals surface area contributed by atoms with Gasteiger partial charge in [-0.1, -0.05) is 0 Å². The molecule has 3 heteroatoms. The van der Waals surface area contributed by atoms with Gasteiger partial charge in [0.15, 0.2) is 0 Å². The lowest BCUT2D eigenvalue weighted by molar-refractivity contribution is -0.133. The molecule has 0 aromatic rings. The van der Waals surface area contributed by atoms with Crippen LogP contribution in [0.15, 0.2) is 0 Å². The van der Waals surface area contributed by atoms with Crippen molar-refractivity contribution in [3.63, 3.8) is 0 Å². The van der Waals surface area contributed by atoms with E-state index in [4.69, 9.17) is 0 Å². The fraction of sp³-hybridized carbons (Fsp3) is 0.889. The first kappa shape index (κ1) is 9.52. The van der Waals surface area contributed by atoms with Crippen molar-refractivity contribution < 1.29 is 4.79 Å². The molecular formula is C9H18N2O. The smallest absolute Gasteiger partial charge is 0.239 e. The van der Waals surface area contributed by atoms with Crippen molar-refractivity contribution in [3.8, 4) is 0 Å². The second kappa shape index (κ2) is 4.45. The quantitative estimate of drug-likeness (QED) is 0.658. The van der Waals surface area contributed by atoms with Crippen molar-refractivity contribution >= 4 is 5.91 Å². The van der Waals surface area contributed by atoms with E-state index in [9.17, 15) is 4.79 Å². The zero-order chi connectivity index (χ0) is 8.97. The second-order valence-electron chi connectivity index (χ2n) is 3.40. The van der Waals surface area contributed by atoms with E-state index in [-0.39, 0.29) is 11.9 Å². The van der Waals surface area contributed by atoms with Crippen molar-refractivity contribution in [1.82, 2.24) is 10.2 Å². The molecule has 0 radical (unpaired) electrons. The van der Waals surface area contributed by atoms with Gasteiger partial charge in [0.2, 0.25) is 5.91 Å². The molecule has 3 nitrogen and oxygen atoms in total. The second-order valence-corrected chi connectivity index (χ2v) is 3.40. The van der Waals surface area contributed by atoms with Crippen molar-refractivity contribution in [1.29, 1.82) is 0 Å². The molecule has 0 aliphatic carbocycles. The van der Waals surface area contributed by atoms with Gasteiger partial charge in [0.1, 0.15) is 0 Å². The van der Waals surface area contributed by atoms with Crippen LogP contribution in [0.2, 0.25) is 0 Å². The molecule has 0 aromatic heterocycles. The van der Waals surface area contributed by atoms with E-state index in [0.717, 1.165) is 13.1 Å². The fourth-order valence-corrected chi connectivity index (χ4v) is 1.51. The van der Waals surface area contributed by atoms with Gasteiger partial charge in [-0.3, -0.25) is 4.79 Å². The van der Waals surface area contributed by atoms with Crippen molar-refractivity contribution in [3.05, 3.63) is 0 Å². The van der Waals surface area contributed by atoms with Crippen LogP contribution < -0.4 is 5.32 Å². The van der Waals surface area contributed by atoms with Crippen LogP contribution in [0.5, 0.6) is 0 Å². The molecule has 1 aliphatic heterocycles. The number of likely N-dealkylation sites (tertiary alicyclic amines) is 1. The Morgan fingerprint density at radius 3 is 2.42 bits per heavy atom. The van der Waals surface area contributed by atoms with Gasteiger partial charge in [0.25, 0.3) is 0 Å². The lowest BCUT2D eigenvalue weighted by Gasteiger charge is -2.28. The minimum absolute atomic E-state index is 0.0249. The SMILES string of the molecule is CN[C@@H](C)C(=O)N1CCCCC1. The monoisotopic (exact) mass is 170 g/mol. The van der Waals surface area contributed by atoms with Crippen LogP contribution in [-0.4, -0.2) is 37.0 Å². The van der Waals surface area contributed by atoms with Crippen LogP contribution in [0.25, 0.3) is 0 Å². The molecule has 1 rings (SSSR count). The summed E-state index contributed by atoms with van der Waals surface area (Å²) >= 11 is 0. The van der Waals surface area contributed by atoms with Gasteiger partial charge in [-0.2, -0.15) is 0 Å². The molecule has 0 spiro atoms. The number of carbonyl (C=O) groups excluding carboxylic acids is 1. The Labute approximate surface area is 74.1 Å². The Hall–Kier alpha value is -0.570. The fourth-order valence-electron chi connectivity index (χ4n) is 1.51. The van der Waals surface area contributed by atoms with Crippen LogP contribution >= 0.6 is 0 Å². The number of nitrogens with zero attached hydrogens (tertiary/aromatic N) is 1. The van der Waals surface area contributed by atoms with Gasteiger partial charge in [0.05, 0.1) is 6.04 Å². The van der Waals surface area contributed by atoms with E-state index in [0.29, 0.717) is 0 Å². The third kappa shape index (κ3) is 2.21. The summed E-state index contributed by atoms with van der Waals surface area (Å²) in [7, 11) is 1.83. The largest absolute Gasteiger partial charge is 0.341 e. The summed E-state index contributed by atoms with van der Waals surface area (Å²) in [4.78, 5) is 13.6. The Bertz CT molecular complexity index is 153. The molecule has 0 aromatic carbocycles. The number of amides is 1. The molecule has 1 amide bonds. The minimum Gasteiger partial charge on any atom is -0.341 e. The predicted octanol–water partition coefficient (Wildman–Crippen LogP) is 0.607. The number of rotatable bonds is 2. The summed E-state index contributed by atoms with van der Waals surface area (Å²) in [5, 5.41) is 2.97. The topological polar surface area (TPSA) is 32.3 Å². The van der Waals surface area contributed by atoms with Gasteiger partial charge in [-0.25, -0.2) is 0 Å². The number of nitrogens with one attached hydrogen (secondary N) is 1. The normalized spacial score (nSPS) is 20.7. The van der Waals surface area contributed by atoms with Gasteiger partial charge in [-0.05, 0) is 33.2 Å². The third-order valence-electron chi connectivity index (χ3n) is 2.47. The van der Waals surface area contributed by atoms with Crippen molar-refractivity contribution in [2.24, 2.45) is 0 Å². The van der Waals surface area contributed by atoms with Gasteiger partial charge in [-0.15, -0.1) is 0 Å². The number of hydrogen-bond donors (Lipinski definition) is 1. The molecule has 1 heterocycles. The van der Waals surface area contributed by atoms with Crippen molar-refractivity contribution in [2.75, 3.05) is 20.1 Å². The third-order valence-corrected chi connectivity index (χ3v) is 2.47. The summed E-state index contributed by atoms with van der Waals surface area (Å²) in [6.45, 7) is 3.81. The highest BCUT2D eigenvalue weighted by Gasteiger charge is 2.20. The highest BCUT2D eigenvalue weighted by molar-refractivity contribution is 5.81. The lowest BCUT2D eigenvalue weighted by Crippen LogP contribution is -2.45. The predicted molar refractivity (Wildman–Crippen MR) is 49.0 cm³/mol. The summed E-state index contributed by atoms with van der Waals surface area (Å²) < 4.78 is 0. The van der Waals surface area contributed by atoms with E-state index >= 15 is 0 Å². The maximum absolute atomic E-state index is 11.6. The van der Waals surface area contributed by atoms with E-state index in [1.165, 1.54) is 19.3 Å². The van der Waals surface area contributed by atoms with E-state index < -0.39 is 0 Å². The molecule has 0 unspecified atom stereocenters. The first-order valence-corrected chi connectivity index (χ1v) is 4.71. The molecule has 0 bridgehead atoms. The lowest BCUT2D eigenvalue weighted by atomic mass is 10.1. The molecule has 1 N–H and O–H groups in total. The Morgan fingerprint density at radius 1 is 1.33 bits per heavy atom. The first-order valence-electron chi connectivity index (χ1n) is 4.71. The van der Waals surface area contributed by atoms with Crippen molar-refractivity contribution in [2.45, 2.75) is 32.2 Å². The number of piperidine rings is 1. The summed E-state index contributed by atoms with van der Waals surface area (Å²) in [5.74, 6) is 0.247. The number of carbonyl (C=O) groups is 1. The highest BCUT2D eigenvalue weighted by Crippen LogP contribution is 2.09. The standard InChI is InChI=1S/C9H18N2O/c1-8(10-2)9(12)11-6-4-3-5-7-11/h8,10H,3-7H2,1-2H3/t8-/m0/s1. The van der Waals surface area contributed by atoms with Crippen LogP contribution in [0.3, 0.4) is 0 Å². The number of hydrogen-bond acceptors (Lipinski definition) is 2. The summed E-state index contributed by atoms with van der Waals surface area (Å²) in [5.41, 5.74) is 0. The van der Waals surface area contributed by atoms with E-state index in [1.54, 1.807) is 0 Å². The van der Waals surface area contributed by atoms with Gasteiger partial charge < -0.3 is 10.2 Å². The van der Waals surface area contributed by atoms with E-state index in [2.05, 4.69) is 5.32 Å². The average Bonchev–Trinajstić information content (AvgIpc) is 2.17. The maximum Gasteiger partial charge on any atom is 0.239 e. The van der Waals surface area contributed by atoms with Crippen LogP contribution in [-0.2, 0) is 4.79 Å². The molecule has 1 aliphatic rings. The Balaban J connectivity index is 2.39. The summed E-state index contributed by atoms with van der Waals surface area (Å²) in [6, 6.07) is -0.0249. The number of likely N-dealkylation sites (N-methyl/N-ethyl adjacent to an activating group) is 1. The van der Waals surface area contributed by atoms with Gasteiger partial charge >= 0.3 is 0 Å². The van der Waals surface area contributed by atoms with Crippen LogP contribution in [0.1, 0.15) is 26.2 Å². The summed E-state index contributed by atoms with van der Waals surface area (Å²) in [6.07, 6.45) is 3.61. The molecule has 1 fully saturated rings.